The summed E-state index contributed by atoms with van der Waals surface area (Å²) in [6.07, 6.45) is 0.738. The number of hydrogen-bond acceptors (Lipinski definition) is 6. The van der Waals surface area contributed by atoms with Gasteiger partial charge in [0.25, 0.3) is 5.91 Å². The van der Waals surface area contributed by atoms with Crippen LogP contribution in [0, 0.1) is 0 Å². The van der Waals surface area contributed by atoms with E-state index in [4.69, 9.17) is 4.52 Å². The molecule has 1 aliphatic heterocycles. The van der Waals surface area contributed by atoms with Crippen molar-refractivity contribution in [3.63, 3.8) is 0 Å². The lowest BCUT2D eigenvalue weighted by Crippen LogP contribution is -2.48. The van der Waals surface area contributed by atoms with Crippen LogP contribution >= 0.6 is 28.3 Å². The third-order valence-corrected chi connectivity index (χ3v) is 6.40. The molecule has 0 aliphatic carbocycles. The van der Waals surface area contributed by atoms with Crippen LogP contribution in [0.5, 0.6) is 0 Å². The van der Waals surface area contributed by atoms with Crippen LogP contribution in [0.4, 0.5) is 0 Å². The monoisotopic (exact) mass is 561 g/mol. The number of benzene rings is 2. The Morgan fingerprint density at radius 2 is 1.71 bits per heavy atom. The molecule has 0 saturated carbocycles. The van der Waals surface area contributed by atoms with Gasteiger partial charge in [0.15, 0.2) is 5.82 Å². The molecule has 1 aliphatic rings. The van der Waals surface area contributed by atoms with Gasteiger partial charge in [-0.2, -0.15) is 4.98 Å². The second-order valence-corrected chi connectivity index (χ2v) is 9.33. The van der Waals surface area contributed by atoms with Crippen molar-refractivity contribution in [3.05, 3.63) is 81.9 Å². The van der Waals surface area contributed by atoms with Gasteiger partial charge in [-0.05, 0) is 29.8 Å². The van der Waals surface area contributed by atoms with Crippen LogP contribution in [0.25, 0.3) is 0 Å². The lowest BCUT2D eigenvalue weighted by Gasteiger charge is -2.34. The maximum atomic E-state index is 12.7. The molecule has 3 aromatic rings. The van der Waals surface area contributed by atoms with Crippen LogP contribution in [0.2, 0.25) is 0 Å². The van der Waals surface area contributed by atoms with Gasteiger partial charge >= 0.3 is 0 Å². The lowest BCUT2D eigenvalue weighted by atomic mass is 10.2. The lowest BCUT2D eigenvalue weighted by molar-refractivity contribution is -0.130. The predicted octanol–water partition coefficient (Wildman–Crippen LogP) is 3.80. The van der Waals surface area contributed by atoms with E-state index in [-0.39, 0.29) is 24.2 Å². The first-order valence-electron chi connectivity index (χ1n) is 11.3. The zero-order chi connectivity index (χ0) is 23.9. The molecule has 8 nitrogen and oxygen atoms in total. The van der Waals surface area contributed by atoms with Gasteiger partial charge < -0.3 is 14.3 Å². The first-order chi connectivity index (χ1) is 16.5. The van der Waals surface area contributed by atoms with Crippen molar-refractivity contribution in [2.75, 3.05) is 33.2 Å². The normalized spacial score (nSPS) is 13.8. The van der Waals surface area contributed by atoms with Crippen LogP contribution < -0.4 is 0 Å². The van der Waals surface area contributed by atoms with Gasteiger partial charge in [0, 0.05) is 62.6 Å². The summed E-state index contributed by atoms with van der Waals surface area (Å²) in [5.41, 5.74) is 1.79. The highest BCUT2D eigenvalue weighted by Gasteiger charge is 2.23. The molecule has 1 fully saturated rings. The minimum absolute atomic E-state index is 0. The number of aromatic nitrogens is 2. The molecule has 0 atom stereocenters. The van der Waals surface area contributed by atoms with Crippen molar-refractivity contribution >= 4 is 40.2 Å². The fourth-order valence-corrected chi connectivity index (χ4v) is 4.15. The molecular formula is C25H29BrClN5O3. The molecule has 0 bridgehead atoms. The summed E-state index contributed by atoms with van der Waals surface area (Å²) in [5.74, 6) is 1.17. The molecule has 0 radical (unpaired) electrons. The molecule has 35 heavy (non-hydrogen) atoms. The fourth-order valence-electron chi connectivity index (χ4n) is 3.89. The molecule has 10 heteroatoms. The summed E-state index contributed by atoms with van der Waals surface area (Å²) in [7, 11) is 1.80. The van der Waals surface area contributed by atoms with Gasteiger partial charge in [0.2, 0.25) is 11.8 Å². The molecule has 2 aromatic carbocycles. The second kappa shape index (κ2) is 12.8. The molecule has 0 unspecified atom stereocenters. The minimum atomic E-state index is 0. The zero-order valence-corrected chi connectivity index (χ0v) is 22.0. The van der Waals surface area contributed by atoms with E-state index in [1.165, 1.54) is 0 Å². The first-order valence-corrected chi connectivity index (χ1v) is 12.1. The van der Waals surface area contributed by atoms with E-state index in [1.807, 2.05) is 59.5 Å². The number of carbonyl (C=O) groups excluding carboxylic acids is 2. The average Bonchev–Trinajstić information content (AvgIpc) is 3.31. The molecule has 0 N–H and O–H groups in total. The van der Waals surface area contributed by atoms with Crippen LogP contribution in [0.15, 0.2) is 63.6 Å². The summed E-state index contributed by atoms with van der Waals surface area (Å²) in [4.78, 5) is 35.4. The molecule has 1 aromatic heterocycles. The van der Waals surface area contributed by atoms with E-state index < -0.39 is 0 Å². The Morgan fingerprint density at radius 1 is 1.03 bits per heavy atom. The van der Waals surface area contributed by atoms with Crippen LogP contribution in [-0.2, 0) is 24.3 Å². The molecule has 2 amide bonds. The summed E-state index contributed by atoms with van der Waals surface area (Å²) in [6, 6.07) is 17.3. The Labute approximate surface area is 219 Å². The Hall–Kier alpha value is -2.75. The van der Waals surface area contributed by atoms with Gasteiger partial charge in [0.1, 0.15) is 0 Å². The molecular weight excluding hydrogens is 534 g/mol. The van der Waals surface area contributed by atoms with E-state index in [2.05, 4.69) is 31.0 Å². The third kappa shape index (κ3) is 7.62. The van der Waals surface area contributed by atoms with Gasteiger partial charge in [-0.15, -0.1) is 12.4 Å². The number of piperazine rings is 1. The van der Waals surface area contributed by atoms with Gasteiger partial charge in [-0.25, -0.2) is 0 Å². The number of amides is 2. The summed E-state index contributed by atoms with van der Waals surface area (Å²) in [5, 5.41) is 4.07. The van der Waals surface area contributed by atoms with E-state index >= 15 is 0 Å². The second-order valence-electron chi connectivity index (χ2n) is 8.41. The summed E-state index contributed by atoms with van der Waals surface area (Å²) >= 11 is 3.40. The number of carbonyl (C=O) groups is 2. The molecule has 0 spiro atoms. The number of hydrogen-bond donors (Lipinski definition) is 0. The summed E-state index contributed by atoms with van der Waals surface area (Å²) in [6.45, 7) is 3.93. The highest BCUT2D eigenvalue weighted by atomic mass is 79.9. The Kier molecular flexibility index (Phi) is 9.83. The molecule has 186 valence electrons. The summed E-state index contributed by atoms with van der Waals surface area (Å²) < 4.78 is 6.31. The third-order valence-electron chi connectivity index (χ3n) is 5.87. The highest BCUT2D eigenvalue weighted by Crippen LogP contribution is 2.15. The average molecular weight is 563 g/mol. The van der Waals surface area contributed by atoms with Crippen LogP contribution in [-0.4, -0.2) is 69.9 Å². The van der Waals surface area contributed by atoms with Crippen LogP contribution in [0.1, 0.15) is 34.1 Å². The topological polar surface area (TPSA) is 82.8 Å². The van der Waals surface area contributed by atoms with E-state index in [9.17, 15) is 9.59 Å². The SMILES string of the molecule is CN(Cc1ccccc1)C(=O)CCc1nc(CN2CCN(C(=O)c3ccc(Br)cc3)CC2)no1.Cl. The predicted molar refractivity (Wildman–Crippen MR) is 138 cm³/mol. The van der Waals surface area contributed by atoms with Crippen molar-refractivity contribution in [1.82, 2.24) is 24.8 Å². The number of nitrogens with zero attached hydrogens (tertiary/aromatic N) is 5. The van der Waals surface area contributed by atoms with Crippen molar-refractivity contribution < 1.29 is 14.1 Å². The van der Waals surface area contributed by atoms with Crippen molar-refractivity contribution in [1.29, 1.82) is 0 Å². The van der Waals surface area contributed by atoms with Crippen molar-refractivity contribution in [3.8, 4) is 0 Å². The standard InChI is InChI=1S/C25H28BrN5O3.ClH/c1-29(17-19-5-3-2-4-6-19)24(32)12-11-23-27-22(28-34-23)18-30-13-15-31(16-14-30)25(33)20-7-9-21(26)10-8-20;/h2-10H,11-18H2,1H3;1H. The number of aryl methyl sites for hydroxylation is 1. The van der Waals surface area contributed by atoms with Crippen LogP contribution in [0.3, 0.4) is 0 Å². The van der Waals surface area contributed by atoms with Gasteiger partial charge in [-0.1, -0.05) is 51.4 Å². The van der Waals surface area contributed by atoms with E-state index in [1.54, 1.807) is 11.9 Å². The smallest absolute Gasteiger partial charge is 0.253 e. The Balaban J connectivity index is 0.00000342. The quantitative estimate of drug-likeness (QED) is 0.415. The highest BCUT2D eigenvalue weighted by molar-refractivity contribution is 9.10. The first kappa shape index (κ1) is 26.8. The largest absolute Gasteiger partial charge is 0.341 e. The minimum Gasteiger partial charge on any atom is -0.341 e. The van der Waals surface area contributed by atoms with Crippen molar-refractivity contribution in [2.45, 2.75) is 25.9 Å². The zero-order valence-electron chi connectivity index (χ0n) is 19.6. The Morgan fingerprint density at radius 3 is 2.40 bits per heavy atom. The van der Waals surface area contributed by atoms with Crippen molar-refractivity contribution in [2.24, 2.45) is 0 Å². The maximum absolute atomic E-state index is 12.7. The van der Waals surface area contributed by atoms with Gasteiger partial charge in [0.05, 0.1) is 6.54 Å². The molecule has 1 saturated heterocycles. The van der Waals surface area contributed by atoms with E-state index in [0.29, 0.717) is 56.3 Å². The van der Waals surface area contributed by atoms with E-state index in [0.717, 1.165) is 23.1 Å². The maximum Gasteiger partial charge on any atom is 0.253 e. The molecule has 4 rings (SSSR count). The van der Waals surface area contributed by atoms with Gasteiger partial charge in [-0.3, -0.25) is 14.5 Å². The molecule has 2 heterocycles. The number of rotatable bonds is 8. The number of halogens is 2. The Bertz CT molecular complexity index is 1100. The fraction of sp³-hybridized carbons (Fsp3) is 0.360.